The zero-order valence-electron chi connectivity index (χ0n) is 13.4. The summed E-state index contributed by atoms with van der Waals surface area (Å²) >= 11 is 3.45. The van der Waals surface area contributed by atoms with E-state index < -0.39 is 0 Å². The Morgan fingerprint density at radius 1 is 1.26 bits per heavy atom. The Labute approximate surface area is 144 Å². The number of pyridine rings is 1. The van der Waals surface area contributed by atoms with Crippen LogP contribution in [0, 0.1) is 0 Å². The van der Waals surface area contributed by atoms with Crippen molar-refractivity contribution in [2.45, 2.75) is 32.1 Å². The van der Waals surface area contributed by atoms with E-state index in [1.54, 1.807) is 19.3 Å². The number of hydrogen-bond acceptors (Lipinski definition) is 3. The first-order chi connectivity index (χ1) is 11.0. The fourth-order valence-electron chi connectivity index (χ4n) is 2.68. The molecule has 0 amide bonds. The van der Waals surface area contributed by atoms with E-state index in [0.717, 1.165) is 22.9 Å². The molecule has 1 unspecified atom stereocenters. The molecule has 0 radical (unpaired) electrons. The first-order valence-electron chi connectivity index (χ1n) is 7.68. The van der Waals surface area contributed by atoms with Gasteiger partial charge < -0.3 is 9.77 Å². The largest absolute Gasteiger partial charge is 0.411 e. The SMILES string of the molecule is CCCC(C/C(=N/O)c1ccc(=O)n(C)c1)c1ccc(Br)cc1. The Morgan fingerprint density at radius 2 is 1.96 bits per heavy atom. The molecule has 0 aliphatic heterocycles. The van der Waals surface area contributed by atoms with Gasteiger partial charge in [-0.2, -0.15) is 0 Å². The maximum atomic E-state index is 11.5. The van der Waals surface area contributed by atoms with Crippen LogP contribution in [-0.2, 0) is 7.05 Å². The van der Waals surface area contributed by atoms with E-state index in [9.17, 15) is 10.0 Å². The highest BCUT2D eigenvalue weighted by Crippen LogP contribution is 2.28. The van der Waals surface area contributed by atoms with Crippen LogP contribution in [0.15, 0.2) is 57.0 Å². The highest BCUT2D eigenvalue weighted by Gasteiger charge is 2.16. The van der Waals surface area contributed by atoms with E-state index in [1.807, 2.05) is 12.1 Å². The van der Waals surface area contributed by atoms with Gasteiger partial charge in [0.15, 0.2) is 0 Å². The molecule has 2 aromatic rings. The Bertz CT molecular complexity index is 735. The van der Waals surface area contributed by atoms with Crippen LogP contribution >= 0.6 is 15.9 Å². The summed E-state index contributed by atoms with van der Waals surface area (Å²) in [6.07, 6.45) is 4.39. The molecule has 0 bridgehead atoms. The van der Waals surface area contributed by atoms with E-state index in [2.05, 4.69) is 40.1 Å². The summed E-state index contributed by atoms with van der Waals surface area (Å²) in [5.74, 6) is 0.274. The van der Waals surface area contributed by atoms with E-state index in [0.29, 0.717) is 12.1 Å². The number of benzene rings is 1. The molecular formula is C18H21BrN2O2. The lowest BCUT2D eigenvalue weighted by Gasteiger charge is -2.18. The smallest absolute Gasteiger partial charge is 0.250 e. The molecule has 5 heteroatoms. The van der Waals surface area contributed by atoms with Crippen molar-refractivity contribution in [3.8, 4) is 0 Å². The molecule has 4 nitrogen and oxygen atoms in total. The molecule has 2 rings (SSSR count). The van der Waals surface area contributed by atoms with Crippen molar-refractivity contribution >= 4 is 21.6 Å². The van der Waals surface area contributed by atoms with Gasteiger partial charge in [0, 0.05) is 35.8 Å². The molecule has 1 aromatic heterocycles. The lowest BCUT2D eigenvalue weighted by molar-refractivity contribution is 0.317. The van der Waals surface area contributed by atoms with Crippen LogP contribution in [0.3, 0.4) is 0 Å². The molecule has 0 saturated carbocycles. The van der Waals surface area contributed by atoms with Crippen LogP contribution in [-0.4, -0.2) is 15.5 Å². The predicted octanol–water partition coefficient (Wildman–Crippen LogP) is 4.30. The van der Waals surface area contributed by atoms with Crippen LogP contribution in [0.5, 0.6) is 0 Å². The summed E-state index contributed by atoms with van der Waals surface area (Å²) in [6.45, 7) is 2.15. The first kappa shape index (κ1) is 17.5. The third-order valence-corrected chi connectivity index (χ3v) is 4.49. The summed E-state index contributed by atoms with van der Waals surface area (Å²) in [5, 5.41) is 12.9. The third kappa shape index (κ3) is 4.55. The minimum Gasteiger partial charge on any atom is -0.411 e. The van der Waals surface area contributed by atoms with Gasteiger partial charge in [0.1, 0.15) is 0 Å². The maximum absolute atomic E-state index is 11.5. The molecule has 122 valence electrons. The third-order valence-electron chi connectivity index (χ3n) is 3.96. The van der Waals surface area contributed by atoms with Gasteiger partial charge in [-0.25, -0.2) is 0 Å². The van der Waals surface area contributed by atoms with Crippen molar-refractivity contribution in [2.24, 2.45) is 12.2 Å². The Kier molecular flexibility index (Phi) is 6.16. The molecule has 23 heavy (non-hydrogen) atoms. The van der Waals surface area contributed by atoms with Crippen LogP contribution in [0.25, 0.3) is 0 Å². The number of nitrogens with zero attached hydrogens (tertiary/aromatic N) is 2. The van der Waals surface area contributed by atoms with E-state index >= 15 is 0 Å². The lowest BCUT2D eigenvalue weighted by atomic mass is 9.88. The van der Waals surface area contributed by atoms with Gasteiger partial charge in [0.25, 0.3) is 0 Å². The topological polar surface area (TPSA) is 54.6 Å². The van der Waals surface area contributed by atoms with Gasteiger partial charge >= 0.3 is 0 Å². The monoisotopic (exact) mass is 376 g/mol. The van der Waals surface area contributed by atoms with Crippen LogP contribution < -0.4 is 5.56 Å². The molecule has 0 aliphatic rings. The fraction of sp³-hybridized carbons (Fsp3) is 0.333. The Balaban J connectivity index is 2.27. The van der Waals surface area contributed by atoms with Crippen LogP contribution in [0.4, 0.5) is 0 Å². The standard InChI is InChI=1S/C18H21BrN2O2/c1-3-4-14(13-5-8-16(19)9-6-13)11-17(20-23)15-7-10-18(22)21(2)12-15/h5-10,12,14,23H,3-4,11H2,1-2H3/b20-17-. The molecule has 1 heterocycles. The summed E-state index contributed by atoms with van der Waals surface area (Å²) in [7, 11) is 1.69. The number of halogens is 1. The summed E-state index contributed by atoms with van der Waals surface area (Å²) in [4.78, 5) is 11.5. The second-order valence-electron chi connectivity index (χ2n) is 5.65. The number of oxime groups is 1. The average Bonchev–Trinajstić information content (AvgIpc) is 2.55. The van der Waals surface area contributed by atoms with Gasteiger partial charge in [-0.15, -0.1) is 0 Å². The fourth-order valence-corrected chi connectivity index (χ4v) is 2.95. The molecule has 0 fully saturated rings. The maximum Gasteiger partial charge on any atom is 0.250 e. The Morgan fingerprint density at radius 3 is 2.52 bits per heavy atom. The van der Waals surface area contributed by atoms with Crippen LogP contribution in [0.2, 0.25) is 0 Å². The van der Waals surface area contributed by atoms with Gasteiger partial charge in [-0.05, 0) is 36.1 Å². The molecule has 0 saturated heterocycles. The zero-order valence-corrected chi connectivity index (χ0v) is 15.0. The zero-order chi connectivity index (χ0) is 16.8. The number of aryl methyl sites for hydroxylation is 1. The lowest BCUT2D eigenvalue weighted by Crippen LogP contribution is -2.18. The van der Waals surface area contributed by atoms with Gasteiger partial charge in [0.05, 0.1) is 5.71 Å². The summed E-state index contributed by atoms with van der Waals surface area (Å²) < 4.78 is 2.54. The molecule has 0 aliphatic carbocycles. The molecule has 1 N–H and O–H groups in total. The quantitative estimate of drug-likeness (QED) is 0.464. The van der Waals surface area contributed by atoms with E-state index in [-0.39, 0.29) is 11.5 Å². The van der Waals surface area contributed by atoms with Crippen LogP contribution in [0.1, 0.15) is 43.2 Å². The van der Waals surface area contributed by atoms with Crippen molar-refractivity contribution < 1.29 is 5.21 Å². The van der Waals surface area contributed by atoms with Crippen molar-refractivity contribution in [1.82, 2.24) is 4.57 Å². The summed E-state index contributed by atoms with van der Waals surface area (Å²) in [5.41, 5.74) is 2.51. The van der Waals surface area contributed by atoms with Crippen molar-refractivity contribution in [1.29, 1.82) is 0 Å². The van der Waals surface area contributed by atoms with Crippen molar-refractivity contribution in [2.75, 3.05) is 0 Å². The molecule has 1 atom stereocenters. The number of rotatable bonds is 6. The Hall–Kier alpha value is -1.88. The molecule has 1 aromatic carbocycles. The van der Waals surface area contributed by atoms with Crippen molar-refractivity contribution in [3.05, 3.63) is 68.5 Å². The summed E-state index contributed by atoms with van der Waals surface area (Å²) in [6, 6.07) is 11.5. The van der Waals surface area contributed by atoms with E-state index in [4.69, 9.17) is 0 Å². The van der Waals surface area contributed by atoms with Gasteiger partial charge in [0.2, 0.25) is 5.56 Å². The van der Waals surface area contributed by atoms with Crippen molar-refractivity contribution in [3.63, 3.8) is 0 Å². The normalized spacial score (nSPS) is 13.1. The minimum atomic E-state index is -0.0796. The second kappa shape index (κ2) is 8.11. The predicted molar refractivity (Wildman–Crippen MR) is 96.4 cm³/mol. The van der Waals surface area contributed by atoms with Gasteiger partial charge in [-0.1, -0.05) is 46.6 Å². The number of hydrogen-bond donors (Lipinski definition) is 1. The number of aromatic nitrogens is 1. The van der Waals surface area contributed by atoms with Gasteiger partial charge in [-0.3, -0.25) is 4.79 Å². The van der Waals surface area contributed by atoms with E-state index in [1.165, 1.54) is 16.2 Å². The molecular weight excluding hydrogens is 356 g/mol. The highest BCUT2D eigenvalue weighted by molar-refractivity contribution is 9.10. The highest BCUT2D eigenvalue weighted by atomic mass is 79.9. The average molecular weight is 377 g/mol. The minimum absolute atomic E-state index is 0.0796. The molecule has 0 spiro atoms. The second-order valence-corrected chi connectivity index (χ2v) is 6.57. The first-order valence-corrected chi connectivity index (χ1v) is 8.48.